The van der Waals surface area contributed by atoms with Crippen molar-refractivity contribution in [1.82, 2.24) is 30.8 Å². The summed E-state index contributed by atoms with van der Waals surface area (Å²) in [7, 11) is 1.65. The molecule has 13 heteroatoms. The second-order valence-corrected chi connectivity index (χ2v) is 14.1. The molecular weight excluding hydrogens is 661 g/mol. The van der Waals surface area contributed by atoms with Gasteiger partial charge in [0, 0.05) is 43.2 Å². The zero-order chi connectivity index (χ0) is 35.0. The molecule has 4 amide bonds. The molecule has 4 rings (SSSR count). The normalized spacial score (nSPS) is 12.9. The zero-order valence-electron chi connectivity index (χ0n) is 28.2. The minimum Gasteiger partial charge on any atom is -0.444 e. The second kappa shape index (κ2) is 19.6. The van der Waals surface area contributed by atoms with Crippen LogP contribution < -0.4 is 16.0 Å². The van der Waals surface area contributed by atoms with Crippen LogP contribution in [0.1, 0.15) is 65.7 Å². The number of aliphatic hydroxyl groups excluding tert-OH is 1. The first-order chi connectivity index (χ1) is 23.7. The van der Waals surface area contributed by atoms with Gasteiger partial charge in [-0.3, -0.25) is 9.78 Å². The van der Waals surface area contributed by atoms with Gasteiger partial charge in [0.05, 0.1) is 27.6 Å². The fourth-order valence-corrected chi connectivity index (χ4v) is 6.57. The Morgan fingerprint density at radius 3 is 2.06 bits per heavy atom. The van der Waals surface area contributed by atoms with Crippen molar-refractivity contribution < 1.29 is 24.2 Å². The maximum absolute atomic E-state index is 13.7. The van der Waals surface area contributed by atoms with Crippen LogP contribution in [0.15, 0.2) is 77.8 Å². The number of nitrogens with zero attached hydrogens (tertiary/aromatic N) is 3. The largest absolute Gasteiger partial charge is 0.444 e. The van der Waals surface area contributed by atoms with Crippen molar-refractivity contribution in [2.45, 2.75) is 83.1 Å². The molecule has 49 heavy (non-hydrogen) atoms. The Labute approximate surface area is 296 Å². The fraction of sp³-hybridized carbons (Fsp3) is 0.417. The zero-order valence-corrected chi connectivity index (χ0v) is 29.8. The summed E-state index contributed by atoms with van der Waals surface area (Å²) in [6.45, 7) is 4.30. The first-order valence-electron chi connectivity index (χ1n) is 16.5. The lowest BCUT2D eigenvalue weighted by molar-refractivity contribution is -0.124. The van der Waals surface area contributed by atoms with Gasteiger partial charge in [-0.2, -0.15) is 0 Å². The van der Waals surface area contributed by atoms with Crippen LogP contribution in [0.5, 0.6) is 0 Å². The molecule has 0 fully saturated rings. The van der Waals surface area contributed by atoms with Crippen molar-refractivity contribution in [3.05, 3.63) is 104 Å². The monoisotopic (exact) mass is 706 g/mol. The number of carbonyl (C=O) groups excluding carboxylic acids is 3. The number of aliphatic hydroxyl groups is 1. The topological polar surface area (TPSA) is 146 Å². The molecule has 0 saturated heterocycles. The van der Waals surface area contributed by atoms with E-state index in [-0.39, 0.29) is 37.6 Å². The van der Waals surface area contributed by atoms with Gasteiger partial charge in [-0.25, -0.2) is 14.6 Å². The van der Waals surface area contributed by atoms with Gasteiger partial charge in [0.1, 0.15) is 12.6 Å². The number of ether oxygens (including phenoxy) is 1. The summed E-state index contributed by atoms with van der Waals surface area (Å²) in [4.78, 5) is 50.6. The molecule has 0 aliphatic carbocycles. The Hall–Kier alpha value is -4.33. The molecule has 0 aliphatic rings. The average molecular weight is 707 g/mol. The predicted molar refractivity (Wildman–Crippen MR) is 192 cm³/mol. The number of hydrogen-bond donors (Lipinski definition) is 4. The maximum atomic E-state index is 13.7. The van der Waals surface area contributed by atoms with Gasteiger partial charge in [-0.15, -0.1) is 22.7 Å². The highest BCUT2D eigenvalue weighted by atomic mass is 32.1. The summed E-state index contributed by atoms with van der Waals surface area (Å²) >= 11 is 2.98. The molecule has 3 atom stereocenters. The molecule has 0 aliphatic heterocycles. The summed E-state index contributed by atoms with van der Waals surface area (Å²) < 4.78 is 5.46. The van der Waals surface area contributed by atoms with Crippen LogP contribution >= 0.6 is 22.7 Å². The van der Waals surface area contributed by atoms with Crippen molar-refractivity contribution in [3.8, 4) is 0 Å². The van der Waals surface area contributed by atoms with Crippen LogP contribution in [0.2, 0.25) is 0 Å². The summed E-state index contributed by atoms with van der Waals surface area (Å²) in [5, 5.41) is 21.7. The van der Waals surface area contributed by atoms with E-state index >= 15 is 0 Å². The Morgan fingerprint density at radius 1 is 0.878 bits per heavy atom. The van der Waals surface area contributed by atoms with Gasteiger partial charge < -0.3 is 30.7 Å². The van der Waals surface area contributed by atoms with Crippen LogP contribution in [0.3, 0.4) is 0 Å². The Bertz CT molecular complexity index is 1570. The molecule has 4 aromatic rings. The number of aromatic nitrogens is 2. The maximum Gasteiger partial charge on any atom is 0.407 e. The van der Waals surface area contributed by atoms with Crippen LogP contribution in [0, 0.1) is 0 Å². The van der Waals surface area contributed by atoms with Crippen molar-refractivity contribution in [1.29, 1.82) is 0 Å². The Kier molecular flexibility index (Phi) is 15.0. The molecule has 0 spiro atoms. The molecule has 2 heterocycles. The quantitative estimate of drug-likeness (QED) is 0.105. The first kappa shape index (κ1) is 37.5. The summed E-state index contributed by atoms with van der Waals surface area (Å²) in [5.41, 5.74) is 4.57. The smallest absolute Gasteiger partial charge is 0.407 e. The fourth-order valence-electron chi connectivity index (χ4n) is 5.24. The lowest BCUT2D eigenvalue weighted by atomic mass is 9.95. The number of thiazole rings is 2. The van der Waals surface area contributed by atoms with Crippen LogP contribution in [0.4, 0.5) is 9.59 Å². The molecule has 4 N–H and O–H groups in total. The van der Waals surface area contributed by atoms with E-state index in [1.54, 1.807) is 30.1 Å². The summed E-state index contributed by atoms with van der Waals surface area (Å²) in [6, 6.07) is 17.8. The minimum atomic E-state index is -0.945. The number of carbonyl (C=O) groups is 3. The van der Waals surface area contributed by atoms with Crippen molar-refractivity contribution >= 4 is 40.7 Å². The van der Waals surface area contributed by atoms with Gasteiger partial charge in [0.15, 0.2) is 0 Å². The van der Waals surface area contributed by atoms with Crippen LogP contribution in [0.25, 0.3) is 0 Å². The third-order valence-corrected chi connectivity index (χ3v) is 9.80. The highest BCUT2D eigenvalue weighted by Crippen LogP contribution is 2.20. The molecule has 3 unspecified atom stereocenters. The molecule has 0 radical (unpaired) electrons. The third kappa shape index (κ3) is 12.9. The number of hydrogen-bond acceptors (Lipinski definition) is 9. The van der Waals surface area contributed by atoms with E-state index in [0.29, 0.717) is 38.1 Å². The third-order valence-electron chi connectivity index (χ3n) is 7.85. The lowest BCUT2D eigenvalue weighted by Crippen LogP contribution is -2.53. The van der Waals surface area contributed by atoms with Gasteiger partial charge in [-0.05, 0) is 43.2 Å². The van der Waals surface area contributed by atoms with Crippen molar-refractivity contribution in [2.24, 2.45) is 0 Å². The van der Waals surface area contributed by atoms with E-state index in [1.165, 1.54) is 16.2 Å². The van der Waals surface area contributed by atoms with E-state index in [2.05, 4.69) is 39.8 Å². The Morgan fingerprint density at radius 2 is 1.51 bits per heavy atom. The van der Waals surface area contributed by atoms with Gasteiger partial charge in [-0.1, -0.05) is 74.5 Å². The Balaban J connectivity index is 1.42. The SMILES string of the molecule is CC(C)c1nc(CN(C)C(=O)NC(CCO)C(=O)NC(CCC(Cc2ccccc2)NC(=O)OCc2cncs2)Cc2ccccc2)cs1. The number of rotatable bonds is 18. The van der Waals surface area contributed by atoms with Gasteiger partial charge in [0.25, 0.3) is 0 Å². The number of urea groups is 1. The molecule has 262 valence electrons. The number of nitrogens with one attached hydrogen (secondary N) is 3. The molecule has 0 bridgehead atoms. The standard InChI is InChI=1S/C36H46N6O5S2/c1-25(2)34-39-30(23-48-34)21-42(3)35(45)41-32(16-17-43)33(44)38-28(18-26-10-6-4-7-11-26)14-15-29(19-27-12-8-5-9-13-27)40-36(46)47-22-31-20-37-24-49-31/h4-13,20,23-25,28-29,32,43H,14-19,21-22H2,1-3H3,(H,38,44)(H,40,46)(H,41,45). The lowest BCUT2D eigenvalue weighted by Gasteiger charge is -2.27. The minimum absolute atomic E-state index is 0.0570. The highest BCUT2D eigenvalue weighted by Gasteiger charge is 2.26. The van der Waals surface area contributed by atoms with Gasteiger partial charge >= 0.3 is 12.1 Å². The number of amides is 4. The molecule has 0 saturated carbocycles. The van der Waals surface area contributed by atoms with Crippen LogP contribution in [-0.4, -0.2) is 69.8 Å². The predicted octanol–water partition coefficient (Wildman–Crippen LogP) is 5.66. The van der Waals surface area contributed by atoms with E-state index in [0.717, 1.165) is 26.7 Å². The molecule has 2 aromatic carbocycles. The van der Waals surface area contributed by atoms with E-state index in [9.17, 15) is 19.5 Å². The summed E-state index contributed by atoms with van der Waals surface area (Å²) in [5.74, 6) is -0.0873. The van der Waals surface area contributed by atoms with Gasteiger partial charge in [0.2, 0.25) is 5.91 Å². The molecule has 11 nitrogen and oxygen atoms in total. The molecule has 2 aromatic heterocycles. The van der Waals surface area contributed by atoms with Crippen LogP contribution in [-0.2, 0) is 35.5 Å². The average Bonchev–Trinajstić information content (AvgIpc) is 3.80. The van der Waals surface area contributed by atoms with E-state index in [1.807, 2.05) is 66.0 Å². The number of benzene rings is 2. The van der Waals surface area contributed by atoms with Crippen molar-refractivity contribution in [3.63, 3.8) is 0 Å². The highest BCUT2D eigenvalue weighted by molar-refractivity contribution is 7.09. The summed E-state index contributed by atoms with van der Waals surface area (Å²) in [6.07, 6.45) is 3.41. The number of alkyl carbamates (subject to hydrolysis) is 1. The van der Waals surface area contributed by atoms with Crippen molar-refractivity contribution in [2.75, 3.05) is 13.7 Å². The van der Waals surface area contributed by atoms with E-state index in [4.69, 9.17) is 4.74 Å². The molecular formula is C36H46N6O5S2. The second-order valence-electron chi connectivity index (χ2n) is 12.2. The van der Waals surface area contributed by atoms with E-state index < -0.39 is 18.2 Å². The first-order valence-corrected chi connectivity index (χ1v) is 18.2.